The van der Waals surface area contributed by atoms with Crippen molar-refractivity contribution in [1.29, 1.82) is 0 Å². The Hall–Kier alpha value is -1.71. The fourth-order valence-corrected chi connectivity index (χ4v) is 6.55. The van der Waals surface area contributed by atoms with Crippen molar-refractivity contribution in [3.8, 4) is 0 Å². The van der Waals surface area contributed by atoms with Gasteiger partial charge in [-0.2, -0.15) is 4.98 Å². The second kappa shape index (κ2) is 9.03. The van der Waals surface area contributed by atoms with E-state index in [4.69, 9.17) is 14.2 Å². The van der Waals surface area contributed by atoms with E-state index in [0.717, 1.165) is 66.3 Å². The molecule has 5 rings (SSSR count). The van der Waals surface area contributed by atoms with E-state index >= 15 is 0 Å². The summed E-state index contributed by atoms with van der Waals surface area (Å²) in [4.78, 5) is 25.3. The molecule has 7 nitrogen and oxygen atoms in total. The largest absolute Gasteiger partial charge is 0.376 e. The minimum atomic E-state index is 0.0758. The van der Waals surface area contributed by atoms with E-state index in [1.54, 1.807) is 11.3 Å². The van der Waals surface area contributed by atoms with Crippen LogP contribution in [0.2, 0.25) is 0 Å². The molecule has 1 aliphatic heterocycles. The normalized spacial score (nSPS) is 18.9. The third-order valence-corrected chi connectivity index (χ3v) is 8.02. The summed E-state index contributed by atoms with van der Waals surface area (Å²) in [7, 11) is 0. The summed E-state index contributed by atoms with van der Waals surface area (Å²) in [6.07, 6.45) is 7.29. The number of fused-ring (bicyclic) bond motifs is 3. The van der Waals surface area contributed by atoms with Gasteiger partial charge in [0.15, 0.2) is 11.0 Å². The molecule has 0 bridgehead atoms. The highest BCUT2D eigenvalue weighted by Crippen LogP contribution is 2.35. The van der Waals surface area contributed by atoms with Crippen LogP contribution >= 0.6 is 23.1 Å². The number of hydrogen-bond donors (Lipinski definition) is 0. The lowest BCUT2D eigenvalue weighted by Gasteiger charge is -2.16. The third kappa shape index (κ3) is 4.45. The molecule has 1 atom stereocenters. The molecule has 0 spiro atoms. The highest BCUT2D eigenvalue weighted by atomic mass is 32.2. The Kier molecular flexibility index (Phi) is 6.16. The Morgan fingerprint density at radius 2 is 2.10 bits per heavy atom. The van der Waals surface area contributed by atoms with Crippen LogP contribution in [0.15, 0.2) is 14.5 Å². The molecule has 1 aliphatic carbocycles. The molecule has 31 heavy (non-hydrogen) atoms. The summed E-state index contributed by atoms with van der Waals surface area (Å²) in [6, 6.07) is 0. The molecule has 2 aliphatic rings. The van der Waals surface area contributed by atoms with Crippen LogP contribution in [0.25, 0.3) is 10.2 Å². The first-order chi connectivity index (χ1) is 15.1. The summed E-state index contributed by atoms with van der Waals surface area (Å²) >= 11 is 3.19. The molecule has 1 unspecified atom stereocenters. The van der Waals surface area contributed by atoms with Crippen LogP contribution in [0.3, 0.4) is 0 Å². The number of nitrogens with zero attached hydrogens (tertiary/aromatic N) is 4. The van der Waals surface area contributed by atoms with E-state index in [0.29, 0.717) is 24.1 Å². The zero-order chi connectivity index (χ0) is 21.4. The average molecular weight is 461 g/mol. The Morgan fingerprint density at radius 1 is 1.23 bits per heavy atom. The molecule has 1 saturated heterocycles. The van der Waals surface area contributed by atoms with Gasteiger partial charge in [-0.3, -0.25) is 9.36 Å². The second-order valence-corrected chi connectivity index (χ2v) is 10.9. The summed E-state index contributed by atoms with van der Waals surface area (Å²) in [5, 5.41) is 5.63. The zero-order valence-electron chi connectivity index (χ0n) is 18.1. The van der Waals surface area contributed by atoms with Crippen molar-refractivity contribution in [2.24, 2.45) is 5.92 Å². The van der Waals surface area contributed by atoms with Gasteiger partial charge in [0.25, 0.3) is 5.56 Å². The highest BCUT2D eigenvalue weighted by Gasteiger charge is 2.25. The Morgan fingerprint density at radius 3 is 2.90 bits per heavy atom. The van der Waals surface area contributed by atoms with E-state index in [1.165, 1.54) is 28.6 Å². The van der Waals surface area contributed by atoms with Gasteiger partial charge in [-0.15, -0.1) is 11.3 Å². The van der Waals surface area contributed by atoms with Crippen molar-refractivity contribution in [3.63, 3.8) is 0 Å². The molecule has 0 N–H and O–H groups in total. The molecule has 3 aromatic rings. The third-order valence-electron chi connectivity index (χ3n) is 5.88. The molecule has 1 fully saturated rings. The maximum Gasteiger partial charge on any atom is 0.263 e. The molecule has 9 heteroatoms. The van der Waals surface area contributed by atoms with Crippen molar-refractivity contribution in [2.75, 3.05) is 6.61 Å². The van der Waals surface area contributed by atoms with Crippen molar-refractivity contribution in [2.45, 2.75) is 82.4 Å². The van der Waals surface area contributed by atoms with Gasteiger partial charge in [-0.25, -0.2) is 4.98 Å². The van der Waals surface area contributed by atoms with E-state index in [1.807, 2.05) is 4.57 Å². The fraction of sp³-hybridized carbons (Fsp3) is 0.636. The quantitative estimate of drug-likeness (QED) is 0.382. The molecule has 0 aromatic carbocycles. The number of hydrogen-bond acceptors (Lipinski definition) is 8. The minimum Gasteiger partial charge on any atom is -0.376 e. The number of ether oxygens (including phenoxy) is 1. The monoisotopic (exact) mass is 460 g/mol. The molecule has 166 valence electrons. The van der Waals surface area contributed by atoms with Gasteiger partial charge in [0.2, 0.25) is 5.89 Å². The van der Waals surface area contributed by atoms with Crippen LogP contribution in [0, 0.1) is 5.92 Å². The van der Waals surface area contributed by atoms with E-state index in [2.05, 4.69) is 24.0 Å². The minimum absolute atomic E-state index is 0.0758. The molecule has 0 saturated carbocycles. The molecule has 0 radical (unpaired) electrons. The van der Waals surface area contributed by atoms with Crippen LogP contribution in [0.4, 0.5) is 0 Å². The summed E-state index contributed by atoms with van der Waals surface area (Å²) in [5.41, 5.74) is 1.31. The second-order valence-electron chi connectivity index (χ2n) is 8.83. The number of rotatable bonds is 7. The van der Waals surface area contributed by atoms with Crippen LogP contribution in [0.1, 0.15) is 61.7 Å². The van der Waals surface area contributed by atoms with Crippen LogP contribution in [0.5, 0.6) is 0 Å². The van der Waals surface area contributed by atoms with Crippen LogP contribution in [-0.2, 0) is 36.3 Å². The van der Waals surface area contributed by atoms with Crippen LogP contribution < -0.4 is 5.56 Å². The van der Waals surface area contributed by atoms with Gasteiger partial charge >= 0.3 is 0 Å². The average Bonchev–Trinajstić information content (AvgIpc) is 3.48. The first-order valence-electron chi connectivity index (χ1n) is 11.2. The standard InChI is InChI=1S/C22H28N4O3S2/c1-13(2)10-17-23-18(29-25-17)12-30-22-24-20-19(15-7-3-4-8-16(15)31-20)21(27)26(22)11-14-6-5-9-28-14/h13-14H,3-12H2,1-2H3. The molecule has 3 aromatic heterocycles. The maximum absolute atomic E-state index is 13.6. The number of aromatic nitrogens is 4. The van der Waals surface area contributed by atoms with Gasteiger partial charge in [-0.05, 0) is 50.0 Å². The van der Waals surface area contributed by atoms with Crippen molar-refractivity contribution in [1.82, 2.24) is 19.7 Å². The molecular formula is C22H28N4O3S2. The predicted octanol–water partition coefficient (Wildman–Crippen LogP) is 4.39. The Bertz CT molecular complexity index is 1130. The SMILES string of the molecule is CC(C)Cc1noc(CSc2nc3sc4c(c3c(=O)n2CC2CCCO2)CCCC4)n1. The lowest BCUT2D eigenvalue weighted by Crippen LogP contribution is -2.29. The molecule has 4 heterocycles. The Labute approximate surface area is 189 Å². The zero-order valence-corrected chi connectivity index (χ0v) is 19.7. The van der Waals surface area contributed by atoms with Crippen molar-refractivity contribution >= 4 is 33.3 Å². The van der Waals surface area contributed by atoms with Gasteiger partial charge in [-0.1, -0.05) is 30.8 Å². The van der Waals surface area contributed by atoms with Crippen molar-refractivity contribution < 1.29 is 9.26 Å². The first kappa shape index (κ1) is 21.2. The van der Waals surface area contributed by atoms with Gasteiger partial charge in [0, 0.05) is 17.9 Å². The van der Waals surface area contributed by atoms with Crippen molar-refractivity contribution in [3.05, 3.63) is 32.5 Å². The van der Waals surface area contributed by atoms with E-state index in [9.17, 15) is 4.79 Å². The highest BCUT2D eigenvalue weighted by molar-refractivity contribution is 7.98. The summed E-state index contributed by atoms with van der Waals surface area (Å²) < 4.78 is 13.1. The smallest absolute Gasteiger partial charge is 0.263 e. The fourth-order valence-electron chi connectivity index (χ4n) is 4.41. The first-order valence-corrected chi connectivity index (χ1v) is 13.0. The number of thiophene rings is 1. The van der Waals surface area contributed by atoms with E-state index < -0.39 is 0 Å². The topological polar surface area (TPSA) is 83.0 Å². The Balaban J connectivity index is 1.47. The lowest BCUT2D eigenvalue weighted by molar-refractivity contribution is 0.0937. The van der Waals surface area contributed by atoms with Crippen LogP contribution in [-0.4, -0.2) is 32.4 Å². The number of aryl methyl sites for hydroxylation is 2. The predicted molar refractivity (Wildman–Crippen MR) is 122 cm³/mol. The van der Waals surface area contributed by atoms with Gasteiger partial charge in [0.1, 0.15) is 4.83 Å². The maximum atomic E-state index is 13.6. The number of thioether (sulfide) groups is 1. The summed E-state index contributed by atoms with van der Waals surface area (Å²) in [6.45, 7) is 5.59. The molecule has 0 amide bonds. The summed E-state index contributed by atoms with van der Waals surface area (Å²) in [5.74, 6) is 2.28. The van der Waals surface area contributed by atoms with Gasteiger partial charge in [0.05, 0.1) is 23.8 Å². The lowest BCUT2D eigenvalue weighted by atomic mass is 9.97. The van der Waals surface area contributed by atoms with E-state index in [-0.39, 0.29) is 11.7 Å². The molecular weight excluding hydrogens is 432 g/mol. The van der Waals surface area contributed by atoms with Gasteiger partial charge < -0.3 is 9.26 Å².